The van der Waals surface area contributed by atoms with E-state index in [1.807, 2.05) is 53.2 Å². The molecule has 5 aromatic rings. The lowest BCUT2D eigenvalue weighted by Gasteiger charge is -2.12. The van der Waals surface area contributed by atoms with Crippen molar-refractivity contribution in [2.75, 3.05) is 24.4 Å². The van der Waals surface area contributed by atoms with Crippen molar-refractivity contribution in [3.05, 3.63) is 66.2 Å². The molecule has 0 aliphatic heterocycles. The maximum absolute atomic E-state index is 9.19. The fraction of sp³-hybridized carbons (Fsp3) is 0.174. The van der Waals surface area contributed by atoms with Crippen LogP contribution in [0, 0.1) is 0 Å². The number of fused-ring (bicyclic) bond motifs is 2. The molecule has 0 bridgehead atoms. The van der Waals surface area contributed by atoms with Crippen LogP contribution in [-0.2, 0) is 26.8 Å². The Balaban J connectivity index is 0.000000640. The number of hydrogen-bond acceptors (Lipinski definition) is 11. The van der Waals surface area contributed by atoms with Crippen LogP contribution in [0.2, 0.25) is 5.02 Å². The SMILES string of the molecule is CS(=O)(=O)O.CS(=O)(=O)O.Cl.Cl.NCCn1ccc2ncnc(Nc3ccc(Oc4cccc5sncc45)c(Cl)c3)c21. The molecule has 2 aromatic carbocycles. The van der Waals surface area contributed by atoms with Crippen LogP contribution >= 0.6 is 47.9 Å². The van der Waals surface area contributed by atoms with Crippen molar-refractivity contribution in [1.82, 2.24) is 18.9 Å². The molecule has 230 valence electrons. The van der Waals surface area contributed by atoms with Gasteiger partial charge in [0.05, 0.1) is 39.3 Å². The minimum Gasteiger partial charge on any atom is -0.455 e. The molecule has 13 nitrogen and oxygen atoms in total. The quantitative estimate of drug-likeness (QED) is 0.172. The van der Waals surface area contributed by atoms with Crippen LogP contribution in [-0.4, -0.2) is 63.9 Å². The second-order valence-corrected chi connectivity index (χ2v) is 12.3. The number of hydrogen-bond donors (Lipinski definition) is 4. The molecule has 0 spiro atoms. The Bertz CT molecular complexity index is 1790. The van der Waals surface area contributed by atoms with Gasteiger partial charge in [-0.25, -0.2) is 9.97 Å². The normalized spacial score (nSPS) is 10.8. The standard InChI is InChI=1S/C21H17ClN6OS.2CH4O3S.2ClH/c22-15-10-13(27-21-20-16(24-12-25-21)6-8-28(20)9-7-23)4-5-18(15)29-17-2-1-3-19-14(17)11-26-30-19;2*1-5(2,3)4;;/h1-6,8,10-12H,7,9,23H2,(H,24,25,27);2*1H3,(H,2,3,4);2*1H. The predicted molar refractivity (Wildman–Crippen MR) is 170 cm³/mol. The minimum atomic E-state index is -3.67. The Labute approximate surface area is 263 Å². The molecule has 0 unspecified atom stereocenters. The number of nitrogens with one attached hydrogen (secondary N) is 1. The van der Waals surface area contributed by atoms with Crippen LogP contribution in [0.15, 0.2) is 61.2 Å². The highest BCUT2D eigenvalue weighted by Crippen LogP contribution is 2.36. The highest BCUT2D eigenvalue weighted by molar-refractivity contribution is 7.85. The highest BCUT2D eigenvalue weighted by atomic mass is 35.5. The van der Waals surface area contributed by atoms with Crippen LogP contribution in [0.1, 0.15) is 0 Å². The molecule has 0 amide bonds. The van der Waals surface area contributed by atoms with Gasteiger partial charge in [-0.15, -0.1) is 24.8 Å². The molecule has 0 aliphatic rings. The van der Waals surface area contributed by atoms with E-state index in [9.17, 15) is 16.8 Å². The number of nitrogens with two attached hydrogens (primary N) is 1. The maximum Gasteiger partial charge on any atom is 0.261 e. The predicted octanol–water partition coefficient (Wildman–Crippen LogP) is 5.04. The number of benzene rings is 2. The summed E-state index contributed by atoms with van der Waals surface area (Å²) < 4.78 is 65.1. The third-order valence-corrected chi connectivity index (χ3v) is 5.75. The van der Waals surface area contributed by atoms with Crippen molar-refractivity contribution in [2.24, 2.45) is 5.73 Å². The molecule has 5 rings (SSSR count). The Morgan fingerprint density at radius 2 is 1.69 bits per heavy atom. The van der Waals surface area contributed by atoms with E-state index in [4.69, 9.17) is 31.2 Å². The van der Waals surface area contributed by atoms with E-state index in [1.165, 1.54) is 17.9 Å². The lowest BCUT2D eigenvalue weighted by molar-refractivity contribution is 0.488. The van der Waals surface area contributed by atoms with Crippen molar-refractivity contribution in [3.63, 3.8) is 0 Å². The van der Waals surface area contributed by atoms with Crippen molar-refractivity contribution in [3.8, 4) is 11.5 Å². The van der Waals surface area contributed by atoms with Gasteiger partial charge in [0.2, 0.25) is 0 Å². The average molecular weight is 702 g/mol. The molecule has 0 atom stereocenters. The zero-order valence-electron chi connectivity index (χ0n) is 21.9. The molecule has 3 heterocycles. The zero-order valence-corrected chi connectivity index (χ0v) is 26.7. The molecule has 42 heavy (non-hydrogen) atoms. The van der Waals surface area contributed by atoms with Gasteiger partial charge in [0.15, 0.2) is 5.82 Å². The molecule has 0 saturated heterocycles. The van der Waals surface area contributed by atoms with Crippen LogP contribution in [0.3, 0.4) is 0 Å². The van der Waals surface area contributed by atoms with Crippen molar-refractivity contribution < 1.29 is 30.7 Å². The summed E-state index contributed by atoms with van der Waals surface area (Å²) in [5.41, 5.74) is 8.27. The summed E-state index contributed by atoms with van der Waals surface area (Å²) >= 11 is 7.95. The van der Waals surface area contributed by atoms with Crippen LogP contribution in [0.25, 0.3) is 21.1 Å². The summed E-state index contributed by atoms with van der Waals surface area (Å²) in [5, 5.41) is 4.78. The summed E-state index contributed by atoms with van der Waals surface area (Å²) in [6, 6.07) is 13.4. The van der Waals surface area contributed by atoms with E-state index in [-0.39, 0.29) is 24.8 Å². The number of nitrogens with zero attached hydrogens (tertiary/aromatic N) is 4. The van der Waals surface area contributed by atoms with Crippen LogP contribution < -0.4 is 15.8 Å². The van der Waals surface area contributed by atoms with Gasteiger partial charge in [0, 0.05) is 25.0 Å². The number of rotatable bonds is 6. The lowest BCUT2D eigenvalue weighted by Crippen LogP contribution is -2.10. The first-order valence-corrected chi connectivity index (χ1v) is 16.0. The van der Waals surface area contributed by atoms with Crippen LogP contribution in [0.4, 0.5) is 11.5 Å². The van der Waals surface area contributed by atoms with E-state index in [0.717, 1.165) is 32.6 Å². The van der Waals surface area contributed by atoms with Gasteiger partial charge in [-0.1, -0.05) is 17.7 Å². The first kappa shape index (κ1) is 37.2. The molecule has 0 radical (unpaired) electrons. The maximum atomic E-state index is 9.19. The molecule has 0 aliphatic carbocycles. The fourth-order valence-electron chi connectivity index (χ4n) is 3.32. The van der Waals surface area contributed by atoms with E-state index in [2.05, 4.69) is 19.7 Å². The lowest BCUT2D eigenvalue weighted by atomic mass is 10.2. The van der Waals surface area contributed by atoms with Crippen molar-refractivity contribution in [2.45, 2.75) is 6.54 Å². The fourth-order valence-corrected chi connectivity index (χ4v) is 4.20. The van der Waals surface area contributed by atoms with Gasteiger partial charge in [0.25, 0.3) is 20.2 Å². The summed E-state index contributed by atoms with van der Waals surface area (Å²) in [6.45, 7) is 1.21. The topological polar surface area (TPSA) is 200 Å². The monoisotopic (exact) mass is 700 g/mol. The molecule has 19 heteroatoms. The van der Waals surface area contributed by atoms with Gasteiger partial charge < -0.3 is 20.4 Å². The molecule has 0 fully saturated rings. The number of anilines is 2. The smallest absolute Gasteiger partial charge is 0.261 e. The average Bonchev–Trinajstić information content (AvgIpc) is 3.47. The van der Waals surface area contributed by atoms with Gasteiger partial charge >= 0.3 is 0 Å². The zero-order chi connectivity index (χ0) is 29.5. The molecule has 5 N–H and O–H groups in total. The largest absolute Gasteiger partial charge is 0.455 e. The Kier molecular flexibility index (Phi) is 14.3. The number of aromatic nitrogens is 4. The summed E-state index contributed by atoms with van der Waals surface area (Å²) in [7, 11) is -7.33. The first-order valence-electron chi connectivity index (χ1n) is 11.2. The number of ether oxygens (including phenoxy) is 1. The van der Waals surface area contributed by atoms with Crippen molar-refractivity contribution >= 4 is 101 Å². The third kappa shape index (κ3) is 11.8. The third-order valence-electron chi connectivity index (χ3n) is 4.69. The molecule has 0 saturated carbocycles. The van der Waals surface area contributed by atoms with E-state index in [1.54, 1.807) is 6.20 Å². The van der Waals surface area contributed by atoms with E-state index in [0.29, 0.717) is 42.2 Å². The summed E-state index contributed by atoms with van der Waals surface area (Å²) in [4.78, 5) is 8.72. The minimum absolute atomic E-state index is 0. The van der Waals surface area contributed by atoms with E-state index >= 15 is 0 Å². The Morgan fingerprint density at radius 3 is 2.31 bits per heavy atom. The molecular formula is C23H27Cl3N6O7S3. The van der Waals surface area contributed by atoms with Gasteiger partial charge in [-0.2, -0.15) is 21.2 Å². The van der Waals surface area contributed by atoms with Crippen molar-refractivity contribution in [1.29, 1.82) is 0 Å². The number of halogens is 3. The van der Waals surface area contributed by atoms with E-state index < -0.39 is 20.2 Å². The van der Waals surface area contributed by atoms with Gasteiger partial charge in [0.1, 0.15) is 23.3 Å². The Hall–Kier alpha value is -2.80. The summed E-state index contributed by atoms with van der Waals surface area (Å²) in [5.74, 6) is 1.98. The highest BCUT2D eigenvalue weighted by Gasteiger charge is 2.12. The van der Waals surface area contributed by atoms with Crippen LogP contribution in [0.5, 0.6) is 11.5 Å². The first-order chi connectivity index (χ1) is 18.7. The second-order valence-electron chi connectivity index (χ2n) is 8.09. The van der Waals surface area contributed by atoms with Gasteiger partial charge in [-0.3, -0.25) is 9.11 Å². The Morgan fingerprint density at radius 1 is 1.02 bits per heavy atom. The second kappa shape index (κ2) is 16.2. The summed E-state index contributed by atoms with van der Waals surface area (Å²) in [6.07, 6.45) is 6.73. The van der Waals surface area contributed by atoms with Gasteiger partial charge in [-0.05, 0) is 47.9 Å². The molecule has 3 aromatic heterocycles. The molecular weight excluding hydrogens is 675 g/mol.